The first-order chi connectivity index (χ1) is 7.81. The lowest BCUT2D eigenvalue weighted by Gasteiger charge is -2.17. The van der Waals surface area contributed by atoms with E-state index in [1.165, 1.54) is 12.8 Å². The molecule has 0 spiro atoms. The van der Waals surface area contributed by atoms with Crippen LogP contribution in [0.5, 0.6) is 0 Å². The van der Waals surface area contributed by atoms with Gasteiger partial charge >= 0.3 is 11.8 Å². The number of rotatable bonds is 2. The van der Waals surface area contributed by atoms with E-state index in [4.69, 9.17) is 4.52 Å². The minimum absolute atomic E-state index is 0.117. The molecule has 1 amide bonds. The topological polar surface area (TPSA) is 59.2 Å². The third-order valence-corrected chi connectivity index (χ3v) is 2.86. The Balaban J connectivity index is 2.05. The van der Waals surface area contributed by atoms with Crippen molar-refractivity contribution in [3.05, 3.63) is 11.7 Å². The summed E-state index contributed by atoms with van der Waals surface area (Å²) in [6.45, 7) is 3.55. The Kier molecular flexibility index (Phi) is 3.54. The van der Waals surface area contributed by atoms with E-state index in [1.54, 1.807) is 0 Å². The van der Waals surface area contributed by atoms with Gasteiger partial charge in [0, 0.05) is 19.5 Å². The highest BCUT2D eigenvalue weighted by Gasteiger charge is 2.22. The van der Waals surface area contributed by atoms with Crippen LogP contribution >= 0.6 is 0 Å². The number of hydrogen-bond donors (Lipinski definition) is 0. The SMILES string of the molecule is CCc1noc(C(=O)N2CCCCCC2)n1. The second kappa shape index (κ2) is 5.09. The average Bonchev–Trinajstić information content (AvgIpc) is 2.62. The van der Waals surface area contributed by atoms with Crippen LogP contribution in [-0.4, -0.2) is 34.0 Å². The van der Waals surface area contributed by atoms with Crippen molar-refractivity contribution in [2.45, 2.75) is 39.0 Å². The zero-order valence-corrected chi connectivity index (χ0v) is 9.61. The van der Waals surface area contributed by atoms with Gasteiger partial charge in [-0.05, 0) is 12.8 Å². The number of carbonyl (C=O) groups excluding carboxylic acids is 1. The highest BCUT2D eigenvalue weighted by Crippen LogP contribution is 2.12. The summed E-state index contributed by atoms with van der Waals surface area (Å²) in [7, 11) is 0. The van der Waals surface area contributed by atoms with E-state index in [1.807, 2.05) is 11.8 Å². The maximum Gasteiger partial charge on any atom is 0.316 e. The van der Waals surface area contributed by atoms with Crippen molar-refractivity contribution in [1.82, 2.24) is 15.0 Å². The minimum atomic E-state index is -0.117. The number of aryl methyl sites for hydroxylation is 1. The van der Waals surface area contributed by atoms with E-state index in [2.05, 4.69) is 10.1 Å². The second-order valence-corrected chi connectivity index (χ2v) is 4.08. The van der Waals surface area contributed by atoms with Gasteiger partial charge in [0.25, 0.3) is 0 Å². The Bertz CT molecular complexity index is 354. The average molecular weight is 223 g/mol. The van der Waals surface area contributed by atoms with E-state index in [9.17, 15) is 4.79 Å². The summed E-state index contributed by atoms with van der Waals surface area (Å²) in [4.78, 5) is 17.9. The van der Waals surface area contributed by atoms with Gasteiger partial charge in [-0.3, -0.25) is 4.79 Å². The minimum Gasteiger partial charge on any atom is -0.334 e. The van der Waals surface area contributed by atoms with Crippen LogP contribution in [0.3, 0.4) is 0 Å². The van der Waals surface area contributed by atoms with Crippen LogP contribution in [0.4, 0.5) is 0 Å². The van der Waals surface area contributed by atoms with E-state index >= 15 is 0 Å². The lowest BCUT2D eigenvalue weighted by molar-refractivity contribution is 0.0711. The number of aromatic nitrogens is 2. The molecule has 0 bridgehead atoms. The van der Waals surface area contributed by atoms with Gasteiger partial charge < -0.3 is 9.42 Å². The van der Waals surface area contributed by atoms with Crippen molar-refractivity contribution >= 4 is 5.91 Å². The molecule has 0 aromatic carbocycles. The highest BCUT2D eigenvalue weighted by atomic mass is 16.5. The quantitative estimate of drug-likeness (QED) is 0.764. The molecule has 1 saturated heterocycles. The maximum absolute atomic E-state index is 12.0. The number of likely N-dealkylation sites (tertiary alicyclic amines) is 1. The first-order valence-electron chi connectivity index (χ1n) is 5.93. The summed E-state index contributed by atoms with van der Waals surface area (Å²) in [5, 5.41) is 3.74. The molecule has 0 radical (unpaired) electrons. The molecule has 1 fully saturated rings. The molecular formula is C11H17N3O2. The molecule has 5 nitrogen and oxygen atoms in total. The molecule has 1 aliphatic heterocycles. The number of nitrogens with zero attached hydrogens (tertiary/aromatic N) is 3. The normalized spacial score (nSPS) is 17.2. The smallest absolute Gasteiger partial charge is 0.316 e. The first-order valence-corrected chi connectivity index (χ1v) is 5.93. The molecule has 1 aromatic rings. The van der Waals surface area contributed by atoms with Gasteiger partial charge in [0.2, 0.25) is 0 Å². The van der Waals surface area contributed by atoms with E-state index in [0.29, 0.717) is 12.2 Å². The first kappa shape index (κ1) is 11.1. The highest BCUT2D eigenvalue weighted by molar-refractivity contribution is 5.89. The van der Waals surface area contributed by atoms with Crippen LogP contribution in [0.15, 0.2) is 4.52 Å². The van der Waals surface area contributed by atoms with Crippen LogP contribution in [0.2, 0.25) is 0 Å². The number of amides is 1. The fourth-order valence-corrected chi connectivity index (χ4v) is 1.89. The van der Waals surface area contributed by atoms with Crippen LogP contribution in [0.25, 0.3) is 0 Å². The standard InChI is InChI=1S/C11H17N3O2/c1-2-9-12-10(16-13-9)11(15)14-7-5-3-4-6-8-14/h2-8H2,1H3. The molecule has 1 aliphatic rings. The van der Waals surface area contributed by atoms with Crippen molar-refractivity contribution < 1.29 is 9.32 Å². The molecular weight excluding hydrogens is 206 g/mol. The van der Waals surface area contributed by atoms with Crippen LogP contribution < -0.4 is 0 Å². The van der Waals surface area contributed by atoms with Crippen molar-refractivity contribution in [2.24, 2.45) is 0 Å². The summed E-state index contributed by atoms with van der Waals surface area (Å²) in [6.07, 6.45) is 5.24. The number of hydrogen-bond acceptors (Lipinski definition) is 4. The molecule has 0 N–H and O–H groups in total. The lowest BCUT2D eigenvalue weighted by Crippen LogP contribution is -2.32. The summed E-state index contributed by atoms with van der Waals surface area (Å²) in [5.41, 5.74) is 0. The van der Waals surface area contributed by atoms with Gasteiger partial charge in [0.05, 0.1) is 0 Å². The van der Waals surface area contributed by atoms with Gasteiger partial charge in [-0.15, -0.1) is 0 Å². The zero-order valence-electron chi connectivity index (χ0n) is 9.61. The van der Waals surface area contributed by atoms with Gasteiger partial charge in [-0.25, -0.2) is 0 Å². The molecule has 0 unspecified atom stereocenters. The Hall–Kier alpha value is -1.39. The van der Waals surface area contributed by atoms with Crippen molar-refractivity contribution in [2.75, 3.05) is 13.1 Å². The number of carbonyl (C=O) groups is 1. The molecule has 0 atom stereocenters. The second-order valence-electron chi connectivity index (χ2n) is 4.08. The molecule has 0 saturated carbocycles. The summed E-state index contributed by atoms with van der Waals surface area (Å²) >= 11 is 0. The molecule has 16 heavy (non-hydrogen) atoms. The van der Waals surface area contributed by atoms with Crippen molar-refractivity contribution in [3.8, 4) is 0 Å². The fourth-order valence-electron chi connectivity index (χ4n) is 1.89. The van der Waals surface area contributed by atoms with Crippen molar-refractivity contribution in [3.63, 3.8) is 0 Å². The van der Waals surface area contributed by atoms with Crippen LogP contribution in [-0.2, 0) is 6.42 Å². The lowest BCUT2D eigenvalue weighted by atomic mass is 10.2. The maximum atomic E-state index is 12.0. The largest absolute Gasteiger partial charge is 0.334 e. The van der Waals surface area contributed by atoms with Gasteiger partial charge in [0.1, 0.15) is 0 Å². The third kappa shape index (κ3) is 2.40. The molecule has 88 valence electrons. The van der Waals surface area contributed by atoms with E-state index in [0.717, 1.165) is 25.9 Å². The molecule has 1 aromatic heterocycles. The Morgan fingerprint density at radius 1 is 1.31 bits per heavy atom. The van der Waals surface area contributed by atoms with E-state index < -0.39 is 0 Å². The molecule has 2 heterocycles. The van der Waals surface area contributed by atoms with Gasteiger partial charge in [-0.1, -0.05) is 24.9 Å². The predicted molar refractivity (Wildman–Crippen MR) is 58.0 cm³/mol. The van der Waals surface area contributed by atoms with E-state index in [-0.39, 0.29) is 11.8 Å². The molecule has 0 aliphatic carbocycles. The van der Waals surface area contributed by atoms with Gasteiger partial charge in [0.15, 0.2) is 5.82 Å². The zero-order chi connectivity index (χ0) is 11.4. The monoisotopic (exact) mass is 223 g/mol. The van der Waals surface area contributed by atoms with Crippen LogP contribution in [0.1, 0.15) is 49.1 Å². The Morgan fingerprint density at radius 3 is 2.56 bits per heavy atom. The third-order valence-electron chi connectivity index (χ3n) is 2.86. The summed E-state index contributed by atoms with van der Waals surface area (Å²) in [6, 6.07) is 0. The Morgan fingerprint density at radius 2 is 2.00 bits per heavy atom. The predicted octanol–water partition coefficient (Wildman–Crippen LogP) is 1.65. The summed E-state index contributed by atoms with van der Waals surface area (Å²) < 4.78 is 4.96. The summed E-state index contributed by atoms with van der Waals surface area (Å²) in [5.74, 6) is 0.617. The van der Waals surface area contributed by atoms with Gasteiger partial charge in [-0.2, -0.15) is 4.98 Å². The Labute approximate surface area is 94.8 Å². The molecule has 5 heteroatoms. The fraction of sp³-hybridized carbons (Fsp3) is 0.727. The molecule has 2 rings (SSSR count). The van der Waals surface area contributed by atoms with Crippen molar-refractivity contribution in [1.29, 1.82) is 0 Å². The van der Waals surface area contributed by atoms with Crippen LogP contribution in [0, 0.1) is 0 Å².